The quantitative estimate of drug-likeness (QED) is 0.610. The Balaban J connectivity index is 2.48. The highest BCUT2D eigenvalue weighted by atomic mass is 16.3. The zero-order chi connectivity index (χ0) is 7.90. The number of furan rings is 1. The summed E-state index contributed by atoms with van der Waals surface area (Å²) in [5.74, 6) is 1.15. The van der Waals surface area contributed by atoms with Gasteiger partial charge in [-0.15, -0.1) is 0 Å². The second-order valence-corrected chi connectivity index (χ2v) is 3.76. The van der Waals surface area contributed by atoms with E-state index >= 15 is 0 Å². The van der Waals surface area contributed by atoms with Crippen LogP contribution in [0.4, 0.5) is 0 Å². The first-order chi connectivity index (χ1) is 5.20. The summed E-state index contributed by atoms with van der Waals surface area (Å²) in [6, 6.07) is 2.04. The Morgan fingerprint density at radius 2 is 2.36 bits per heavy atom. The molecule has 0 bridgehead atoms. The number of hydrogen-bond acceptors (Lipinski definition) is 2. The minimum atomic E-state index is 0.164. The summed E-state index contributed by atoms with van der Waals surface area (Å²) in [4.78, 5) is 0. The van der Waals surface area contributed by atoms with E-state index in [1.807, 2.05) is 6.07 Å². The third-order valence-electron chi connectivity index (χ3n) is 2.24. The van der Waals surface area contributed by atoms with Gasteiger partial charge in [-0.1, -0.05) is 13.8 Å². The molecule has 0 aromatic carbocycles. The van der Waals surface area contributed by atoms with E-state index in [4.69, 9.17) is 4.42 Å². The lowest BCUT2D eigenvalue weighted by atomic mass is 9.85. The van der Waals surface area contributed by atoms with E-state index in [1.54, 1.807) is 6.26 Å². The molecule has 0 unspecified atom stereocenters. The molecule has 60 valence electrons. The van der Waals surface area contributed by atoms with E-state index < -0.39 is 0 Å². The van der Waals surface area contributed by atoms with Crippen LogP contribution in [-0.2, 0) is 12.0 Å². The summed E-state index contributed by atoms with van der Waals surface area (Å²) in [6.45, 7) is 6.35. The first-order valence-electron chi connectivity index (χ1n) is 3.98. The minimum Gasteiger partial charge on any atom is -0.468 e. The molecule has 1 aliphatic rings. The number of nitrogens with one attached hydrogen (secondary N) is 1. The molecule has 0 amide bonds. The molecule has 2 nitrogen and oxygen atoms in total. The molecule has 11 heavy (non-hydrogen) atoms. The van der Waals surface area contributed by atoms with Gasteiger partial charge < -0.3 is 9.73 Å². The lowest BCUT2D eigenvalue weighted by Gasteiger charge is -2.28. The SMILES string of the molecule is CC1(C)CNCc2ccoc21. The molecule has 0 atom stereocenters. The highest BCUT2D eigenvalue weighted by Gasteiger charge is 2.29. The molecule has 1 aliphatic heterocycles. The first kappa shape index (κ1) is 6.92. The number of hydrogen-bond donors (Lipinski definition) is 1. The zero-order valence-electron chi connectivity index (χ0n) is 6.98. The highest BCUT2D eigenvalue weighted by molar-refractivity contribution is 5.26. The monoisotopic (exact) mass is 151 g/mol. The van der Waals surface area contributed by atoms with Gasteiger partial charge in [-0.2, -0.15) is 0 Å². The van der Waals surface area contributed by atoms with Gasteiger partial charge >= 0.3 is 0 Å². The summed E-state index contributed by atoms with van der Waals surface area (Å²) >= 11 is 0. The first-order valence-corrected chi connectivity index (χ1v) is 3.98. The van der Waals surface area contributed by atoms with Gasteiger partial charge in [0.1, 0.15) is 5.76 Å². The van der Waals surface area contributed by atoms with Crippen LogP contribution in [0.25, 0.3) is 0 Å². The third kappa shape index (κ3) is 0.979. The lowest BCUT2D eigenvalue weighted by molar-refractivity contribution is 0.340. The van der Waals surface area contributed by atoms with Crippen LogP contribution < -0.4 is 5.32 Å². The van der Waals surface area contributed by atoms with Gasteiger partial charge in [-0.25, -0.2) is 0 Å². The van der Waals surface area contributed by atoms with Gasteiger partial charge in [0.2, 0.25) is 0 Å². The predicted molar refractivity (Wildman–Crippen MR) is 43.4 cm³/mol. The predicted octanol–water partition coefficient (Wildman–Crippen LogP) is 1.66. The van der Waals surface area contributed by atoms with Gasteiger partial charge in [0.25, 0.3) is 0 Å². The maximum atomic E-state index is 5.43. The van der Waals surface area contributed by atoms with Gasteiger partial charge in [0.05, 0.1) is 6.26 Å². The molecule has 2 heterocycles. The molecule has 0 aliphatic carbocycles. The largest absolute Gasteiger partial charge is 0.468 e. The van der Waals surface area contributed by atoms with E-state index in [9.17, 15) is 0 Å². The van der Waals surface area contributed by atoms with Crippen molar-refractivity contribution in [3.63, 3.8) is 0 Å². The zero-order valence-corrected chi connectivity index (χ0v) is 6.98. The molecular weight excluding hydrogens is 138 g/mol. The summed E-state index contributed by atoms with van der Waals surface area (Å²) in [6.07, 6.45) is 1.78. The second-order valence-electron chi connectivity index (χ2n) is 3.76. The molecule has 1 N–H and O–H groups in total. The summed E-state index contributed by atoms with van der Waals surface area (Å²) in [7, 11) is 0. The molecule has 0 spiro atoms. The van der Waals surface area contributed by atoms with Crippen molar-refractivity contribution in [3.8, 4) is 0 Å². The molecule has 0 saturated carbocycles. The van der Waals surface area contributed by atoms with Crippen LogP contribution in [0.2, 0.25) is 0 Å². The highest BCUT2D eigenvalue weighted by Crippen LogP contribution is 2.29. The van der Waals surface area contributed by atoms with Gasteiger partial charge in [-0.3, -0.25) is 0 Å². The van der Waals surface area contributed by atoms with E-state index in [-0.39, 0.29) is 5.41 Å². The molecule has 2 rings (SSSR count). The van der Waals surface area contributed by atoms with Crippen LogP contribution in [0, 0.1) is 0 Å². The smallest absolute Gasteiger partial charge is 0.115 e. The van der Waals surface area contributed by atoms with E-state index in [0.29, 0.717) is 0 Å². The van der Waals surface area contributed by atoms with Crippen LogP contribution in [0.5, 0.6) is 0 Å². The van der Waals surface area contributed by atoms with Gasteiger partial charge in [0.15, 0.2) is 0 Å². The van der Waals surface area contributed by atoms with Crippen molar-refractivity contribution in [2.75, 3.05) is 6.54 Å². The van der Waals surface area contributed by atoms with Gasteiger partial charge in [-0.05, 0) is 6.07 Å². The summed E-state index contributed by atoms with van der Waals surface area (Å²) < 4.78 is 5.43. The van der Waals surface area contributed by atoms with E-state index in [0.717, 1.165) is 18.8 Å². The Kier molecular flexibility index (Phi) is 1.33. The second kappa shape index (κ2) is 2.11. The fourth-order valence-corrected chi connectivity index (χ4v) is 1.66. The third-order valence-corrected chi connectivity index (χ3v) is 2.24. The number of rotatable bonds is 0. The average molecular weight is 151 g/mol. The van der Waals surface area contributed by atoms with E-state index in [1.165, 1.54) is 5.56 Å². The molecule has 1 aromatic rings. The molecule has 2 heteroatoms. The van der Waals surface area contributed by atoms with Crippen molar-refractivity contribution < 1.29 is 4.42 Å². The summed E-state index contributed by atoms with van der Waals surface area (Å²) in [5.41, 5.74) is 1.47. The van der Waals surface area contributed by atoms with Crippen molar-refractivity contribution in [1.29, 1.82) is 0 Å². The molecule has 0 saturated heterocycles. The van der Waals surface area contributed by atoms with E-state index in [2.05, 4.69) is 19.2 Å². The fourth-order valence-electron chi connectivity index (χ4n) is 1.66. The Labute approximate surface area is 66.6 Å². The minimum absolute atomic E-state index is 0.164. The standard InChI is InChI=1S/C9H13NO/c1-9(2)6-10-5-7-3-4-11-8(7)9/h3-4,10H,5-6H2,1-2H3. The summed E-state index contributed by atoms with van der Waals surface area (Å²) in [5, 5.41) is 3.36. The molecule has 0 radical (unpaired) electrons. The Hall–Kier alpha value is -0.760. The molecule has 1 aromatic heterocycles. The topological polar surface area (TPSA) is 25.2 Å². The maximum Gasteiger partial charge on any atom is 0.115 e. The van der Waals surface area contributed by atoms with Crippen LogP contribution in [0.1, 0.15) is 25.2 Å². The number of fused-ring (bicyclic) bond motifs is 1. The average Bonchev–Trinajstić information content (AvgIpc) is 2.34. The maximum absolute atomic E-state index is 5.43. The Morgan fingerprint density at radius 3 is 3.09 bits per heavy atom. The van der Waals surface area contributed by atoms with Gasteiger partial charge in [0, 0.05) is 24.1 Å². The fraction of sp³-hybridized carbons (Fsp3) is 0.556. The lowest BCUT2D eigenvalue weighted by Crippen LogP contribution is -2.37. The molecular formula is C9H13NO. The van der Waals surface area contributed by atoms with Crippen LogP contribution in [0.3, 0.4) is 0 Å². The van der Waals surface area contributed by atoms with Crippen LogP contribution >= 0.6 is 0 Å². The van der Waals surface area contributed by atoms with Crippen molar-refractivity contribution >= 4 is 0 Å². The van der Waals surface area contributed by atoms with Crippen molar-refractivity contribution in [2.24, 2.45) is 0 Å². The van der Waals surface area contributed by atoms with Crippen LogP contribution in [-0.4, -0.2) is 6.54 Å². The Bertz CT molecular complexity index is 262. The van der Waals surface area contributed by atoms with Crippen molar-refractivity contribution in [3.05, 3.63) is 23.7 Å². The van der Waals surface area contributed by atoms with Crippen molar-refractivity contribution in [2.45, 2.75) is 25.8 Å². The van der Waals surface area contributed by atoms with Crippen molar-refractivity contribution in [1.82, 2.24) is 5.32 Å². The Morgan fingerprint density at radius 1 is 1.55 bits per heavy atom. The normalized spacial score (nSPS) is 21.3. The molecule has 0 fully saturated rings. The van der Waals surface area contributed by atoms with Crippen LogP contribution in [0.15, 0.2) is 16.7 Å².